The van der Waals surface area contributed by atoms with Gasteiger partial charge in [-0.25, -0.2) is 0 Å². The highest BCUT2D eigenvalue weighted by molar-refractivity contribution is 5.81. The third kappa shape index (κ3) is 3.07. The van der Waals surface area contributed by atoms with Crippen molar-refractivity contribution in [3.05, 3.63) is 0 Å². The van der Waals surface area contributed by atoms with Crippen molar-refractivity contribution in [3.8, 4) is 0 Å². The molecule has 0 aromatic carbocycles. The van der Waals surface area contributed by atoms with Crippen LogP contribution in [-0.2, 0) is 4.79 Å². The van der Waals surface area contributed by atoms with Crippen molar-refractivity contribution < 1.29 is 9.90 Å². The molecule has 1 saturated carbocycles. The van der Waals surface area contributed by atoms with Crippen molar-refractivity contribution in [1.29, 1.82) is 0 Å². The van der Waals surface area contributed by atoms with Crippen LogP contribution < -0.4 is 0 Å². The lowest BCUT2D eigenvalue weighted by atomic mass is 9.88. The second-order valence-corrected chi connectivity index (χ2v) is 4.87. The first kappa shape index (κ1) is 11.7. The first-order valence-corrected chi connectivity index (χ1v) is 5.33. The number of carbonyl (C=O) groups excluding carboxylic acids is 1. The fourth-order valence-electron chi connectivity index (χ4n) is 1.58. The molecule has 0 radical (unpaired) electrons. The lowest BCUT2D eigenvalue weighted by molar-refractivity contribution is -0.126. The predicted molar refractivity (Wildman–Crippen MR) is 56.1 cm³/mol. The SMILES string of the molecule is CC(=O)C(C)(C)CN(CCO)C1CC1. The summed E-state index contributed by atoms with van der Waals surface area (Å²) in [6, 6.07) is 0.612. The molecule has 3 heteroatoms. The zero-order chi connectivity index (χ0) is 10.8. The number of ketones is 1. The minimum Gasteiger partial charge on any atom is -0.395 e. The highest BCUT2D eigenvalue weighted by atomic mass is 16.3. The molecule has 0 aromatic heterocycles. The Kier molecular flexibility index (Phi) is 3.67. The van der Waals surface area contributed by atoms with Crippen LogP contribution in [0.25, 0.3) is 0 Å². The molecule has 0 atom stereocenters. The second kappa shape index (κ2) is 4.41. The van der Waals surface area contributed by atoms with Gasteiger partial charge in [0, 0.05) is 24.5 Å². The Balaban J connectivity index is 2.49. The van der Waals surface area contributed by atoms with E-state index >= 15 is 0 Å². The molecule has 0 aromatic rings. The summed E-state index contributed by atoms with van der Waals surface area (Å²) in [5.74, 6) is 0.223. The maximum absolute atomic E-state index is 11.4. The molecular weight excluding hydrogens is 178 g/mol. The smallest absolute Gasteiger partial charge is 0.136 e. The number of aliphatic hydroxyl groups excluding tert-OH is 1. The van der Waals surface area contributed by atoms with E-state index in [0.717, 1.165) is 6.54 Å². The third-order valence-electron chi connectivity index (χ3n) is 3.00. The molecule has 1 aliphatic carbocycles. The van der Waals surface area contributed by atoms with Crippen molar-refractivity contribution in [2.24, 2.45) is 5.41 Å². The predicted octanol–water partition coefficient (Wildman–Crippen LogP) is 1.06. The van der Waals surface area contributed by atoms with Gasteiger partial charge in [0.1, 0.15) is 5.78 Å². The molecule has 0 heterocycles. The van der Waals surface area contributed by atoms with Crippen LogP contribution in [-0.4, -0.2) is 41.5 Å². The minimum atomic E-state index is -0.280. The van der Waals surface area contributed by atoms with Gasteiger partial charge in [0.25, 0.3) is 0 Å². The number of rotatable bonds is 6. The van der Waals surface area contributed by atoms with E-state index in [9.17, 15) is 4.79 Å². The Bertz CT molecular complexity index is 209. The number of hydrogen-bond acceptors (Lipinski definition) is 3. The molecule has 1 fully saturated rings. The van der Waals surface area contributed by atoms with E-state index in [1.165, 1.54) is 12.8 Å². The number of hydrogen-bond donors (Lipinski definition) is 1. The average molecular weight is 199 g/mol. The fraction of sp³-hybridized carbons (Fsp3) is 0.909. The molecule has 3 nitrogen and oxygen atoms in total. The summed E-state index contributed by atoms with van der Waals surface area (Å²) in [6.45, 7) is 7.24. The van der Waals surface area contributed by atoms with Gasteiger partial charge in [-0.15, -0.1) is 0 Å². The summed E-state index contributed by atoms with van der Waals surface area (Å²) in [6.07, 6.45) is 2.43. The number of nitrogens with zero attached hydrogens (tertiary/aromatic N) is 1. The Labute approximate surface area is 86.1 Å². The van der Waals surface area contributed by atoms with Gasteiger partial charge in [0.15, 0.2) is 0 Å². The number of Topliss-reactive ketones (excluding diaryl/α,β-unsaturated/α-hetero) is 1. The van der Waals surface area contributed by atoms with Crippen LogP contribution in [0.5, 0.6) is 0 Å². The van der Waals surface area contributed by atoms with Crippen LogP contribution in [0.3, 0.4) is 0 Å². The van der Waals surface area contributed by atoms with Gasteiger partial charge in [-0.05, 0) is 19.8 Å². The monoisotopic (exact) mass is 199 g/mol. The Morgan fingerprint density at radius 1 is 1.50 bits per heavy atom. The van der Waals surface area contributed by atoms with Crippen LogP contribution in [0.1, 0.15) is 33.6 Å². The van der Waals surface area contributed by atoms with Gasteiger partial charge in [0.2, 0.25) is 0 Å². The maximum Gasteiger partial charge on any atom is 0.136 e. The fourth-order valence-corrected chi connectivity index (χ4v) is 1.58. The quantitative estimate of drug-likeness (QED) is 0.695. The summed E-state index contributed by atoms with van der Waals surface area (Å²) in [5, 5.41) is 8.92. The highest BCUT2D eigenvalue weighted by Crippen LogP contribution is 2.30. The van der Waals surface area contributed by atoms with E-state index < -0.39 is 0 Å². The van der Waals surface area contributed by atoms with Gasteiger partial charge in [-0.2, -0.15) is 0 Å². The summed E-state index contributed by atoms with van der Waals surface area (Å²) in [7, 11) is 0. The van der Waals surface area contributed by atoms with Gasteiger partial charge >= 0.3 is 0 Å². The summed E-state index contributed by atoms with van der Waals surface area (Å²) < 4.78 is 0. The van der Waals surface area contributed by atoms with Gasteiger partial charge in [-0.3, -0.25) is 9.69 Å². The summed E-state index contributed by atoms with van der Waals surface area (Å²) >= 11 is 0. The molecule has 0 unspecified atom stereocenters. The van der Waals surface area contributed by atoms with Crippen molar-refractivity contribution in [3.63, 3.8) is 0 Å². The third-order valence-corrected chi connectivity index (χ3v) is 3.00. The standard InChI is InChI=1S/C11H21NO2/c1-9(14)11(2,3)8-12(6-7-13)10-4-5-10/h10,13H,4-8H2,1-3H3. The molecule has 0 aliphatic heterocycles. The minimum absolute atomic E-state index is 0.185. The molecular formula is C11H21NO2. The first-order chi connectivity index (χ1) is 6.47. The maximum atomic E-state index is 11.4. The van der Waals surface area contributed by atoms with E-state index in [-0.39, 0.29) is 17.8 Å². The second-order valence-electron chi connectivity index (χ2n) is 4.87. The van der Waals surface area contributed by atoms with Crippen LogP contribution in [0.4, 0.5) is 0 Å². The summed E-state index contributed by atoms with van der Waals surface area (Å²) in [4.78, 5) is 13.6. The molecule has 0 bridgehead atoms. The average Bonchev–Trinajstić information content (AvgIpc) is 2.85. The van der Waals surface area contributed by atoms with E-state index in [1.807, 2.05) is 13.8 Å². The van der Waals surface area contributed by atoms with Crippen molar-refractivity contribution in [1.82, 2.24) is 4.90 Å². The van der Waals surface area contributed by atoms with E-state index in [2.05, 4.69) is 4.90 Å². The van der Waals surface area contributed by atoms with E-state index in [1.54, 1.807) is 6.92 Å². The Morgan fingerprint density at radius 2 is 2.07 bits per heavy atom. The van der Waals surface area contributed by atoms with E-state index in [0.29, 0.717) is 12.6 Å². The molecule has 1 rings (SSSR count). The normalized spacial score (nSPS) is 17.5. The molecule has 0 amide bonds. The molecule has 14 heavy (non-hydrogen) atoms. The van der Waals surface area contributed by atoms with Crippen LogP contribution in [0.15, 0.2) is 0 Å². The van der Waals surface area contributed by atoms with Crippen LogP contribution in [0.2, 0.25) is 0 Å². The van der Waals surface area contributed by atoms with Crippen LogP contribution >= 0.6 is 0 Å². The zero-order valence-corrected chi connectivity index (χ0v) is 9.42. The Morgan fingerprint density at radius 3 is 2.43 bits per heavy atom. The topological polar surface area (TPSA) is 40.5 Å². The van der Waals surface area contributed by atoms with Gasteiger partial charge in [-0.1, -0.05) is 13.8 Å². The van der Waals surface area contributed by atoms with Gasteiger partial charge in [0.05, 0.1) is 6.61 Å². The van der Waals surface area contributed by atoms with Crippen LogP contribution in [0, 0.1) is 5.41 Å². The molecule has 0 saturated heterocycles. The van der Waals surface area contributed by atoms with E-state index in [4.69, 9.17) is 5.11 Å². The first-order valence-electron chi connectivity index (χ1n) is 5.33. The highest BCUT2D eigenvalue weighted by Gasteiger charge is 2.34. The van der Waals surface area contributed by atoms with Crippen molar-refractivity contribution in [2.75, 3.05) is 19.7 Å². The summed E-state index contributed by atoms with van der Waals surface area (Å²) in [5.41, 5.74) is -0.280. The molecule has 82 valence electrons. The largest absolute Gasteiger partial charge is 0.395 e. The molecule has 0 spiro atoms. The lowest BCUT2D eigenvalue weighted by Crippen LogP contribution is -2.40. The number of aliphatic hydroxyl groups is 1. The van der Waals surface area contributed by atoms with Gasteiger partial charge < -0.3 is 5.11 Å². The number of carbonyl (C=O) groups is 1. The molecule has 1 N–H and O–H groups in total. The Hall–Kier alpha value is -0.410. The molecule has 1 aliphatic rings. The van der Waals surface area contributed by atoms with Crippen molar-refractivity contribution >= 4 is 5.78 Å². The zero-order valence-electron chi connectivity index (χ0n) is 9.42. The van der Waals surface area contributed by atoms with Crippen molar-refractivity contribution in [2.45, 2.75) is 39.7 Å². The lowest BCUT2D eigenvalue weighted by Gasteiger charge is -2.30.